The first-order valence-electron chi connectivity index (χ1n) is 20.0. The fourth-order valence-electron chi connectivity index (χ4n) is 9.63. The minimum absolute atomic E-state index is 0.123. The highest BCUT2D eigenvalue weighted by Gasteiger charge is 2.38. The second-order valence-electron chi connectivity index (χ2n) is 16.0. The van der Waals surface area contributed by atoms with Crippen LogP contribution < -0.4 is 4.90 Å². The van der Waals surface area contributed by atoms with E-state index in [1.807, 2.05) is 6.07 Å². The Balaban J connectivity index is 0.989. The molecule has 0 saturated carbocycles. The quantitative estimate of drug-likeness (QED) is 0.176. The average molecular weight is 744 g/mol. The number of anilines is 3. The maximum absolute atomic E-state index is 6.44. The van der Waals surface area contributed by atoms with Crippen LogP contribution >= 0.6 is 0 Å². The Morgan fingerprint density at radius 3 is 2.00 bits per heavy atom. The number of pyridine rings is 1. The average Bonchev–Trinajstić information content (AvgIpc) is 3.92. The van der Waals surface area contributed by atoms with Gasteiger partial charge in [0.1, 0.15) is 11.2 Å². The summed E-state index contributed by atoms with van der Waals surface area (Å²) < 4.78 is 8.74. The number of hydrogen-bond donors (Lipinski definition) is 0. The molecule has 1 aliphatic carbocycles. The molecule has 8 aromatic carbocycles. The molecule has 3 aliphatic rings. The Labute approximate surface area is 336 Å². The highest BCUT2D eigenvalue weighted by Crippen LogP contribution is 2.55. The molecule has 0 spiro atoms. The zero-order valence-corrected chi connectivity index (χ0v) is 32.1. The molecule has 3 heterocycles. The third kappa shape index (κ3) is 4.72. The van der Waals surface area contributed by atoms with Crippen molar-refractivity contribution in [1.82, 2.24) is 9.55 Å². The zero-order chi connectivity index (χ0) is 38.5. The van der Waals surface area contributed by atoms with Crippen LogP contribution in [0.25, 0.3) is 82.9 Å². The molecule has 1 aromatic heterocycles. The van der Waals surface area contributed by atoms with Crippen LogP contribution in [0.1, 0.15) is 25.0 Å². The number of aromatic nitrogens is 2. The second-order valence-corrected chi connectivity index (χ2v) is 16.0. The number of furan rings is 1. The number of rotatable bonds is 5. The van der Waals surface area contributed by atoms with Crippen molar-refractivity contribution in [2.75, 3.05) is 4.90 Å². The van der Waals surface area contributed by atoms with Gasteiger partial charge in [0.2, 0.25) is 0 Å². The lowest BCUT2D eigenvalue weighted by molar-refractivity contribution is 0.660. The molecule has 58 heavy (non-hydrogen) atoms. The lowest BCUT2D eigenvalue weighted by atomic mass is 9.82. The predicted molar refractivity (Wildman–Crippen MR) is 240 cm³/mol. The van der Waals surface area contributed by atoms with Crippen LogP contribution in [0, 0.1) is 0 Å². The van der Waals surface area contributed by atoms with Gasteiger partial charge in [-0.05, 0) is 88.5 Å². The van der Waals surface area contributed by atoms with Gasteiger partial charge in [0.15, 0.2) is 0 Å². The molecule has 2 aliphatic heterocycles. The maximum Gasteiger partial charge on any atom is 0.137 e. The van der Waals surface area contributed by atoms with Gasteiger partial charge in [0.05, 0.1) is 33.5 Å². The highest BCUT2D eigenvalue weighted by molar-refractivity contribution is 6.14. The minimum Gasteiger partial charge on any atom is -0.456 e. The molecule has 274 valence electrons. The fraction of sp³-hybridized carbons (Fsp3) is 0.0556. The Morgan fingerprint density at radius 1 is 0.517 bits per heavy atom. The Morgan fingerprint density at radius 2 is 1.16 bits per heavy atom. The van der Waals surface area contributed by atoms with E-state index in [-0.39, 0.29) is 5.41 Å². The summed E-state index contributed by atoms with van der Waals surface area (Å²) in [6.07, 6.45) is 2.25. The summed E-state index contributed by atoms with van der Waals surface area (Å²) in [7, 11) is 0. The van der Waals surface area contributed by atoms with Gasteiger partial charge in [0.25, 0.3) is 0 Å². The van der Waals surface area contributed by atoms with Crippen LogP contribution in [0.5, 0.6) is 0 Å². The van der Waals surface area contributed by atoms with Crippen molar-refractivity contribution >= 4 is 60.8 Å². The molecule has 12 rings (SSSR count). The summed E-state index contributed by atoms with van der Waals surface area (Å²) in [5, 5.41) is 4.54. The van der Waals surface area contributed by atoms with Crippen molar-refractivity contribution in [1.29, 1.82) is 0 Å². The monoisotopic (exact) mass is 743 g/mol. The molecular formula is C54H37N3O. The van der Waals surface area contributed by atoms with Gasteiger partial charge < -0.3 is 13.9 Å². The minimum atomic E-state index is -0.123. The Kier molecular flexibility index (Phi) is 6.94. The van der Waals surface area contributed by atoms with Gasteiger partial charge >= 0.3 is 0 Å². The van der Waals surface area contributed by atoms with E-state index in [1.54, 1.807) is 0 Å². The summed E-state index contributed by atoms with van der Waals surface area (Å²) in [5.74, 6) is 0. The van der Waals surface area contributed by atoms with Gasteiger partial charge in [-0.2, -0.15) is 0 Å². The molecule has 0 unspecified atom stereocenters. The van der Waals surface area contributed by atoms with Crippen molar-refractivity contribution in [2.24, 2.45) is 0 Å². The van der Waals surface area contributed by atoms with Gasteiger partial charge in [0, 0.05) is 50.3 Å². The first-order valence-corrected chi connectivity index (χ1v) is 20.0. The molecular weight excluding hydrogens is 707 g/mol. The molecule has 0 atom stereocenters. The van der Waals surface area contributed by atoms with E-state index in [2.05, 4.69) is 205 Å². The topological polar surface area (TPSA) is 34.2 Å². The molecule has 0 fully saturated rings. The highest BCUT2D eigenvalue weighted by atomic mass is 16.3. The predicted octanol–water partition coefficient (Wildman–Crippen LogP) is 14.6. The van der Waals surface area contributed by atoms with Crippen molar-refractivity contribution in [2.45, 2.75) is 19.3 Å². The van der Waals surface area contributed by atoms with Gasteiger partial charge in [-0.3, -0.25) is 0 Å². The second kappa shape index (κ2) is 12.3. The lowest BCUT2D eigenvalue weighted by Crippen LogP contribution is -2.16. The van der Waals surface area contributed by atoms with Crippen molar-refractivity contribution in [3.8, 4) is 39.2 Å². The van der Waals surface area contributed by atoms with Crippen LogP contribution in [-0.4, -0.2) is 9.55 Å². The largest absolute Gasteiger partial charge is 0.456 e. The number of fused-ring (bicyclic) bond motifs is 11. The van der Waals surface area contributed by atoms with Crippen LogP contribution in [0.4, 0.5) is 17.1 Å². The SMILES string of the molecule is CC1(C)c2ccccc2-c2c(N(c3ccc(-c4ccc(-n5cc6c7ccccc7nc-6c6ccccc65)cc4)cc3)c3cccc4oc5ccccc5c34)cccc21. The zero-order valence-electron chi connectivity index (χ0n) is 32.1. The van der Waals surface area contributed by atoms with Crippen molar-refractivity contribution < 1.29 is 4.42 Å². The Bertz CT molecular complexity index is 3370. The molecule has 0 radical (unpaired) electrons. The molecule has 4 heteroatoms. The van der Waals surface area contributed by atoms with Crippen molar-refractivity contribution in [3.05, 3.63) is 199 Å². The summed E-state index contributed by atoms with van der Waals surface area (Å²) in [6, 6.07) is 65.4. The van der Waals surface area contributed by atoms with Crippen LogP contribution in [0.15, 0.2) is 193 Å². The van der Waals surface area contributed by atoms with Crippen molar-refractivity contribution in [3.63, 3.8) is 0 Å². The van der Waals surface area contributed by atoms with E-state index in [0.717, 1.165) is 83.5 Å². The summed E-state index contributed by atoms with van der Waals surface area (Å²) >= 11 is 0. The fourth-order valence-corrected chi connectivity index (χ4v) is 9.63. The molecule has 0 amide bonds. The normalized spacial score (nSPS) is 13.1. The number of hydrogen-bond acceptors (Lipinski definition) is 3. The first-order chi connectivity index (χ1) is 28.5. The molecule has 4 nitrogen and oxygen atoms in total. The molecule has 9 aromatic rings. The van der Waals surface area contributed by atoms with Crippen LogP contribution in [0.3, 0.4) is 0 Å². The summed E-state index contributed by atoms with van der Waals surface area (Å²) in [6.45, 7) is 4.69. The lowest BCUT2D eigenvalue weighted by Gasteiger charge is -2.29. The van der Waals surface area contributed by atoms with Gasteiger partial charge in [-0.15, -0.1) is 0 Å². The number of para-hydroxylation sites is 3. The molecule has 0 saturated heterocycles. The Hall–Kier alpha value is -7.43. The number of benzene rings is 8. The standard InChI is InChI=1S/C54H37N3O/c1-54(2)43-17-7-3-14-39(43)51-44(54)18-11-21-47(51)57(48-22-12-24-50-52(48)41-16-6-10-23-49(41)58-50)37-31-27-35(28-32-37)34-25-29-36(30-26-34)56-33-42-38-13-4-8-19-45(38)55-53(42)40-15-5-9-20-46(40)56/h3-33H,1-2H3. The number of nitrogens with zero attached hydrogens (tertiary/aromatic N) is 3. The van der Waals surface area contributed by atoms with Crippen LogP contribution in [-0.2, 0) is 5.41 Å². The summed E-state index contributed by atoms with van der Waals surface area (Å²) in [4.78, 5) is 7.47. The first kappa shape index (κ1) is 32.8. The van der Waals surface area contributed by atoms with E-state index >= 15 is 0 Å². The smallest absolute Gasteiger partial charge is 0.137 e. The molecule has 0 bridgehead atoms. The van der Waals surface area contributed by atoms with E-state index in [9.17, 15) is 0 Å². The van der Waals surface area contributed by atoms with E-state index < -0.39 is 0 Å². The third-order valence-corrected chi connectivity index (χ3v) is 12.4. The maximum atomic E-state index is 6.44. The summed E-state index contributed by atoms with van der Waals surface area (Å²) in [5.41, 5.74) is 18.0. The van der Waals surface area contributed by atoms with E-state index in [0.29, 0.717) is 0 Å². The van der Waals surface area contributed by atoms with E-state index in [4.69, 9.17) is 9.40 Å². The van der Waals surface area contributed by atoms with Crippen LogP contribution in [0.2, 0.25) is 0 Å². The third-order valence-electron chi connectivity index (χ3n) is 12.4. The molecule has 0 N–H and O–H groups in total. The van der Waals surface area contributed by atoms with Gasteiger partial charge in [-0.25, -0.2) is 4.98 Å². The van der Waals surface area contributed by atoms with E-state index in [1.165, 1.54) is 27.6 Å². The van der Waals surface area contributed by atoms with Gasteiger partial charge in [-0.1, -0.05) is 135 Å².